The van der Waals surface area contributed by atoms with E-state index in [-0.39, 0.29) is 0 Å². The predicted molar refractivity (Wildman–Crippen MR) is 215 cm³/mol. The summed E-state index contributed by atoms with van der Waals surface area (Å²) < 4.78 is 0. The molecule has 8 aromatic rings. The van der Waals surface area contributed by atoms with E-state index >= 15 is 0 Å². The third-order valence-electron chi connectivity index (χ3n) is 9.92. The summed E-state index contributed by atoms with van der Waals surface area (Å²) in [6, 6.07) is 68.0. The monoisotopic (exact) mass is 644 g/mol. The quantitative estimate of drug-likeness (QED) is 0.144. The number of para-hydroxylation sites is 2. The zero-order chi connectivity index (χ0) is 33.9. The first-order chi connectivity index (χ1) is 24.7. The van der Waals surface area contributed by atoms with E-state index in [0.717, 1.165) is 34.9 Å². The van der Waals surface area contributed by atoms with Crippen molar-refractivity contribution in [3.8, 4) is 11.1 Å². The molecule has 0 aliphatic rings. The van der Waals surface area contributed by atoms with Crippen LogP contribution in [-0.2, 0) is 0 Å². The normalized spacial score (nSPS) is 11.8. The second-order valence-corrected chi connectivity index (χ2v) is 12.9. The lowest BCUT2D eigenvalue weighted by atomic mass is 9.90. The molecule has 2 heteroatoms. The summed E-state index contributed by atoms with van der Waals surface area (Å²) in [5.74, 6) is 0.534. The molecule has 0 saturated carbocycles. The second kappa shape index (κ2) is 13.8. The molecule has 0 aliphatic carbocycles. The summed E-state index contributed by atoms with van der Waals surface area (Å²) in [5, 5.41) is 4.90. The van der Waals surface area contributed by atoms with Crippen molar-refractivity contribution in [2.75, 3.05) is 9.80 Å². The Kier molecular flexibility index (Phi) is 8.59. The standard InChI is InChI=1S/C48H40N2/c1-3-35(2)36-27-29-40(30-28-36)49(38-19-9-5-10-20-38)41-31-33-42(34-32-41)50(39-21-11-6-12-22-39)48-45-25-15-13-23-43(45)47(37-17-7-4-8-18-37)44-24-14-16-26-46(44)48/h4-35H,3H2,1-2H3. The van der Waals surface area contributed by atoms with E-state index in [1.807, 2.05) is 0 Å². The van der Waals surface area contributed by atoms with E-state index in [0.29, 0.717) is 5.92 Å². The lowest BCUT2D eigenvalue weighted by molar-refractivity contribution is 0.733. The van der Waals surface area contributed by atoms with E-state index in [1.165, 1.54) is 43.9 Å². The minimum Gasteiger partial charge on any atom is -0.311 e. The number of benzene rings is 8. The predicted octanol–water partition coefficient (Wildman–Crippen LogP) is 14.1. The minimum atomic E-state index is 0.534. The smallest absolute Gasteiger partial charge is 0.0618 e. The van der Waals surface area contributed by atoms with Crippen LogP contribution in [0, 0.1) is 0 Å². The molecule has 1 unspecified atom stereocenters. The van der Waals surface area contributed by atoms with Gasteiger partial charge in [0, 0.05) is 39.2 Å². The van der Waals surface area contributed by atoms with Crippen LogP contribution in [0.2, 0.25) is 0 Å². The molecule has 0 amide bonds. The molecule has 8 aromatic carbocycles. The fraction of sp³-hybridized carbons (Fsp3) is 0.0833. The van der Waals surface area contributed by atoms with Gasteiger partial charge in [-0.1, -0.05) is 141 Å². The Morgan fingerprint density at radius 3 is 1.22 bits per heavy atom. The molecule has 0 radical (unpaired) electrons. The third-order valence-corrected chi connectivity index (χ3v) is 9.92. The maximum atomic E-state index is 2.43. The van der Waals surface area contributed by atoms with Gasteiger partial charge in [-0.3, -0.25) is 0 Å². The Labute approximate surface area is 295 Å². The Bertz CT molecular complexity index is 2290. The van der Waals surface area contributed by atoms with Gasteiger partial charge in [-0.25, -0.2) is 0 Å². The molecule has 242 valence electrons. The van der Waals surface area contributed by atoms with Gasteiger partial charge in [-0.05, 0) is 100 Å². The summed E-state index contributed by atoms with van der Waals surface area (Å²) in [4.78, 5) is 4.77. The van der Waals surface area contributed by atoms with Crippen LogP contribution in [0.4, 0.5) is 34.1 Å². The summed E-state index contributed by atoms with van der Waals surface area (Å²) in [6.07, 6.45) is 1.13. The van der Waals surface area contributed by atoms with Gasteiger partial charge in [0.2, 0.25) is 0 Å². The number of nitrogens with zero attached hydrogens (tertiary/aromatic N) is 2. The van der Waals surface area contributed by atoms with Gasteiger partial charge in [0.05, 0.1) is 5.69 Å². The number of hydrogen-bond donors (Lipinski definition) is 0. The van der Waals surface area contributed by atoms with Crippen molar-refractivity contribution in [1.29, 1.82) is 0 Å². The highest BCUT2D eigenvalue weighted by molar-refractivity contribution is 6.22. The maximum Gasteiger partial charge on any atom is 0.0618 e. The summed E-state index contributed by atoms with van der Waals surface area (Å²) in [6.45, 7) is 4.54. The number of fused-ring (bicyclic) bond motifs is 2. The van der Waals surface area contributed by atoms with Crippen LogP contribution < -0.4 is 9.80 Å². The van der Waals surface area contributed by atoms with Crippen molar-refractivity contribution in [2.24, 2.45) is 0 Å². The van der Waals surface area contributed by atoms with Crippen LogP contribution in [0.1, 0.15) is 31.7 Å². The summed E-state index contributed by atoms with van der Waals surface area (Å²) in [5.41, 5.74) is 10.6. The van der Waals surface area contributed by atoms with E-state index in [1.54, 1.807) is 0 Å². The van der Waals surface area contributed by atoms with Gasteiger partial charge in [-0.15, -0.1) is 0 Å². The van der Waals surface area contributed by atoms with Crippen LogP contribution in [0.3, 0.4) is 0 Å². The van der Waals surface area contributed by atoms with Crippen molar-refractivity contribution in [1.82, 2.24) is 0 Å². The number of rotatable bonds is 9. The van der Waals surface area contributed by atoms with Gasteiger partial charge in [0.15, 0.2) is 0 Å². The van der Waals surface area contributed by atoms with Gasteiger partial charge >= 0.3 is 0 Å². The Hall–Kier alpha value is -6.12. The third kappa shape index (κ3) is 5.80. The average Bonchev–Trinajstić information content (AvgIpc) is 3.19. The fourth-order valence-corrected chi connectivity index (χ4v) is 7.21. The molecule has 0 heterocycles. The van der Waals surface area contributed by atoms with Crippen LogP contribution >= 0.6 is 0 Å². The molecule has 0 N–H and O–H groups in total. The highest BCUT2D eigenvalue weighted by atomic mass is 15.2. The van der Waals surface area contributed by atoms with Crippen LogP contribution in [0.5, 0.6) is 0 Å². The van der Waals surface area contributed by atoms with Crippen LogP contribution in [-0.4, -0.2) is 0 Å². The number of hydrogen-bond acceptors (Lipinski definition) is 2. The molecule has 0 saturated heterocycles. The first-order valence-corrected chi connectivity index (χ1v) is 17.6. The van der Waals surface area contributed by atoms with E-state index in [4.69, 9.17) is 0 Å². The highest BCUT2D eigenvalue weighted by Crippen LogP contribution is 2.48. The molecule has 0 fully saturated rings. The lowest BCUT2D eigenvalue weighted by Gasteiger charge is -2.30. The number of anilines is 6. The zero-order valence-electron chi connectivity index (χ0n) is 28.6. The van der Waals surface area contributed by atoms with Crippen molar-refractivity contribution >= 4 is 55.7 Å². The second-order valence-electron chi connectivity index (χ2n) is 12.9. The Morgan fingerprint density at radius 1 is 0.380 bits per heavy atom. The van der Waals surface area contributed by atoms with Crippen molar-refractivity contribution in [3.63, 3.8) is 0 Å². The molecular formula is C48H40N2. The van der Waals surface area contributed by atoms with Crippen molar-refractivity contribution < 1.29 is 0 Å². The van der Waals surface area contributed by atoms with Gasteiger partial charge in [0.1, 0.15) is 0 Å². The minimum absolute atomic E-state index is 0.534. The molecule has 0 bridgehead atoms. The molecule has 0 aliphatic heterocycles. The van der Waals surface area contributed by atoms with Crippen LogP contribution in [0.25, 0.3) is 32.7 Å². The lowest BCUT2D eigenvalue weighted by Crippen LogP contribution is -2.13. The Balaban J connectivity index is 1.31. The molecule has 50 heavy (non-hydrogen) atoms. The van der Waals surface area contributed by atoms with E-state index < -0.39 is 0 Å². The molecule has 1 atom stereocenters. The average molecular weight is 645 g/mol. The summed E-state index contributed by atoms with van der Waals surface area (Å²) >= 11 is 0. The van der Waals surface area contributed by atoms with E-state index in [9.17, 15) is 0 Å². The SMILES string of the molecule is CCC(C)c1ccc(N(c2ccccc2)c2ccc(N(c3ccccc3)c3c4ccccc4c(-c4ccccc4)c4ccccc34)cc2)cc1. The van der Waals surface area contributed by atoms with Crippen molar-refractivity contribution in [3.05, 3.63) is 194 Å². The van der Waals surface area contributed by atoms with Crippen molar-refractivity contribution in [2.45, 2.75) is 26.2 Å². The molecule has 0 aromatic heterocycles. The zero-order valence-corrected chi connectivity index (χ0v) is 28.6. The van der Waals surface area contributed by atoms with Crippen LogP contribution in [0.15, 0.2) is 188 Å². The van der Waals surface area contributed by atoms with Gasteiger partial charge in [-0.2, -0.15) is 0 Å². The molecule has 2 nitrogen and oxygen atoms in total. The fourth-order valence-electron chi connectivity index (χ4n) is 7.21. The molecule has 0 spiro atoms. The Morgan fingerprint density at radius 2 is 0.740 bits per heavy atom. The molecule has 8 rings (SSSR count). The maximum absolute atomic E-state index is 2.43. The topological polar surface area (TPSA) is 6.48 Å². The largest absolute Gasteiger partial charge is 0.311 e. The van der Waals surface area contributed by atoms with Gasteiger partial charge < -0.3 is 9.80 Å². The first kappa shape index (κ1) is 31.2. The van der Waals surface area contributed by atoms with Gasteiger partial charge in [0.25, 0.3) is 0 Å². The molecular weight excluding hydrogens is 605 g/mol. The first-order valence-electron chi connectivity index (χ1n) is 17.6. The summed E-state index contributed by atoms with van der Waals surface area (Å²) in [7, 11) is 0. The van der Waals surface area contributed by atoms with E-state index in [2.05, 4.69) is 212 Å². The highest BCUT2D eigenvalue weighted by Gasteiger charge is 2.22.